The van der Waals surface area contributed by atoms with Crippen molar-refractivity contribution in [3.63, 3.8) is 0 Å². The van der Waals surface area contributed by atoms with Crippen LogP contribution < -0.4 is 9.47 Å². The molecule has 3 rings (SSSR count). The van der Waals surface area contributed by atoms with Gasteiger partial charge in [-0.2, -0.15) is 0 Å². The Morgan fingerprint density at radius 2 is 2.08 bits per heavy atom. The first-order chi connectivity index (χ1) is 11.6. The minimum Gasteiger partial charge on any atom is -0.491 e. The molecule has 1 aliphatic heterocycles. The number of benzene rings is 1. The zero-order valence-corrected chi connectivity index (χ0v) is 14.1. The van der Waals surface area contributed by atoms with Crippen LogP contribution in [-0.2, 0) is 6.54 Å². The van der Waals surface area contributed by atoms with Crippen molar-refractivity contribution in [2.45, 2.75) is 25.5 Å². The second kappa shape index (κ2) is 7.15. The molecule has 1 aliphatic rings. The van der Waals surface area contributed by atoms with Gasteiger partial charge in [0.25, 0.3) is 0 Å². The number of aliphatic hydroxyl groups is 1. The van der Waals surface area contributed by atoms with E-state index in [2.05, 4.69) is 14.9 Å². The van der Waals surface area contributed by atoms with E-state index in [0.717, 1.165) is 23.4 Å². The fourth-order valence-corrected chi connectivity index (χ4v) is 2.90. The molecular formula is C18H23N3O3. The van der Waals surface area contributed by atoms with Gasteiger partial charge in [-0.05, 0) is 31.0 Å². The highest BCUT2D eigenvalue weighted by atomic mass is 16.5. The highest BCUT2D eigenvalue weighted by Crippen LogP contribution is 2.24. The highest BCUT2D eigenvalue weighted by Gasteiger charge is 2.36. The van der Waals surface area contributed by atoms with E-state index in [4.69, 9.17) is 9.47 Å². The van der Waals surface area contributed by atoms with Crippen LogP contribution in [-0.4, -0.2) is 52.4 Å². The van der Waals surface area contributed by atoms with E-state index in [9.17, 15) is 5.11 Å². The van der Waals surface area contributed by atoms with Crippen LogP contribution in [0.25, 0.3) is 0 Å². The molecule has 0 saturated carbocycles. The minimum atomic E-state index is -0.822. The van der Waals surface area contributed by atoms with Gasteiger partial charge in [0.15, 0.2) is 0 Å². The summed E-state index contributed by atoms with van der Waals surface area (Å²) in [7, 11) is 1.55. The van der Waals surface area contributed by atoms with Crippen molar-refractivity contribution in [1.82, 2.24) is 14.9 Å². The average molecular weight is 329 g/mol. The van der Waals surface area contributed by atoms with Crippen LogP contribution in [0.3, 0.4) is 0 Å². The Bertz CT molecular complexity index is 677. The van der Waals surface area contributed by atoms with Gasteiger partial charge in [-0.25, -0.2) is 9.97 Å². The van der Waals surface area contributed by atoms with Crippen LogP contribution in [0.2, 0.25) is 0 Å². The van der Waals surface area contributed by atoms with Gasteiger partial charge in [0.2, 0.25) is 0 Å². The first-order valence-electron chi connectivity index (χ1n) is 8.05. The molecule has 1 saturated heterocycles. The zero-order chi connectivity index (χ0) is 17.0. The third-order valence-electron chi connectivity index (χ3n) is 4.18. The third-order valence-corrected chi connectivity index (χ3v) is 4.18. The van der Waals surface area contributed by atoms with Crippen molar-refractivity contribution in [1.29, 1.82) is 0 Å². The van der Waals surface area contributed by atoms with E-state index < -0.39 is 5.60 Å². The molecule has 0 radical (unpaired) electrons. The van der Waals surface area contributed by atoms with E-state index in [0.29, 0.717) is 32.1 Å². The fraction of sp³-hybridized carbons (Fsp3) is 0.444. The van der Waals surface area contributed by atoms with Crippen molar-refractivity contribution >= 4 is 0 Å². The maximum Gasteiger partial charge on any atom is 0.316 e. The van der Waals surface area contributed by atoms with Crippen molar-refractivity contribution in [3.05, 3.63) is 47.8 Å². The van der Waals surface area contributed by atoms with Gasteiger partial charge in [-0.3, -0.25) is 4.90 Å². The Morgan fingerprint density at radius 3 is 2.79 bits per heavy atom. The lowest BCUT2D eigenvalue weighted by molar-refractivity contribution is 0.00335. The van der Waals surface area contributed by atoms with Gasteiger partial charge in [0.1, 0.15) is 18.0 Å². The van der Waals surface area contributed by atoms with Crippen molar-refractivity contribution in [3.8, 4) is 11.8 Å². The van der Waals surface area contributed by atoms with Gasteiger partial charge in [0.05, 0.1) is 7.11 Å². The Hall–Kier alpha value is -2.18. The smallest absolute Gasteiger partial charge is 0.316 e. The predicted octanol–water partition coefficient (Wildman–Crippen LogP) is 1.81. The first-order valence-corrected chi connectivity index (χ1v) is 8.05. The van der Waals surface area contributed by atoms with E-state index in [1.165, 1.54) is 0 Å². The number of rotatable bonds is 6. The van der Waals surface area contributed by atoms with E-state index >= 15 is 0 Å². The number of β-amino-alcohol motifs (C(OH)–C–C–N with tert-alkyl or cyclic N) is 1. The largest absolute Gasteiger partial charge is 0.491 e. The second-order valence-electron chi connectivity index (χ2n) is 6.37. The Morgan fingerprint density at radius 1 is 1.29 bits per heavy atom. The molecule has 1 aromatic carbocycles. The lowest BCUT2D eigenvalue weighted by Gasteiger charge is -2.23. The summed E-state index contributed by atoms with van der Waals surface area (Å²) in [4.78, 5) is 10.4. The number of likely N-dealkylation sites (tertiary alicyclic amines) is 1. The summed E-state index contributed by atoms with van der Waals surface area (Å²) >= 11 is 0. The molecule has 1 N–H and O–H groups in total. The number of ether oxygens (including phenoxy) is 2. The molecule has 1 fully saturated rings. The number of hydrogen-bond acceptors (Lipinski definition) is 6. The summed E-state index contributed by atoms with van der Waals surface area (Å²) in [6.07, 6.45) is 4.20. The Kier molecular flexibility index (Phi) is 4.97. The number of hydrogen-bond donors (Lipinski definition) is 1. The SMILES string of the molecule is COc1ncc(CN2CC[C@](O)(COc3cccc(C)c3)C2)cn1. The van der Waals surface area contributed by atoms with Crippen LogP contribution >= 0.6 is 0 Å². The van der Waals surface area contributed by atoms with Crippen LogP contribution in [0, 0.1) is 6.92 Å². The molecule has 0 aliphatic carbocycles. The van der Waals surface area contributed by atoms with Gasteiger partial charge in [-0.15, -0.1) is 0 Å². The van der Waals surface area contributed by atoms with Crippen LogP contribution in [0.15, 0.2) is 36.7 Å². The zero-order valence-electron chi connectivity index (χ0n) is 14.1. The summed E-state index contributed by atoms with van der Waals surface area (Å²) in [5.41, 5.74) is 1.32. The Labute approximate surface area is 142 Å². The minimum absolute atomic E-state index is 0.298. The number of methoxy groups -OCH3 is 1. The monoisotopic (exact) mass is 329 g/mol. The lowest BCUT2D eigenvalue weighted by Crippen LogP contribution is -2.39. The number of aromatic nitrogens is 2. The second-order valence-corrected chi connectivity index (χ2v) is 6.37. The fourth-order valence-electron chi connectivity index (χ4n) is 2.90. The Balaban J connectivity index is 1.53. The molecule has 24 heavy (non-hydrogen) atoms. The lowest BCUT2D eigenvalue weighted by atomic mass is 10.1. The van der Waals surface area contributed by atoms with Gasteiger partial charge in [-0.1, -0.05) is 12.1 Å². The predicted molar refractivity (Wildman–Crippen MR) is 90.1 cm³/mol. The molecule has 6 nitrogen and oxygen atoms in total. The molecule has 0 bridgehead atoms. The molecule has 0 amide bonds. The normalized spacial score (nSPS) is 21.0. The summed E-state index contributed by atoms with van der Waals surface area (Å²) in [6.45, 7) is 4.42. The molecule has 1 atom stereocenters. The van der Waals surface area contributed by atoms with Crippen LogP contribution in [0.1, 0.15) is 17.5 Å². The molecule has 1 aromatic heterocycles. The summed E-state index contributed by atoms with van der Waals surface area (Å²) in [5.74, 6) is 0.797. The highest BCUT2D eigenvalue weighted by molar-refractivity contribution is 5.27. The number of aryl methyl sites for hydroxylation is 1. The maximum absolute atomic E-state index is 10.7. The van der Waals surface area contributed by atoms with Crippen molar-refractivity contribution < 1.29 is 14.6 Å². The van der Waals surface area contributed by atoms with Gasteiger partial charge < -0.3 is 14.6 Å². The first kappa shape index (κ1) is 16.7. The molecule has 0 spiro atoms. The van der Waals surface area contributed by atoms with Crippen LogP contribution in [0.5, 0.6) is 11.8 Å². The quantitative estimate of drug-likeness (QED) is 0.872. The standard InChI is InChI=1S/C18H23N3O3/c1-14-4-3-5-16(8-14)24-13-18(22)6-7-21(12-18)11-15-9-19-17(23-2)20-10-15/h3-5,8-10,22H,6-7,11-13H2,1-2H3/t18-/m1/s1. The van der Waals surface area contributed by atoms with E-state index in [-0.39, 0.29) is 0 Å². The molecule has 2 aromatic rings. The molecular weight excluding hydrogens is 306 g/mol. The maximum atomic E-state index is 10.7. The molecule has 128 valence electrons. The molecule has 6 heteroatoms. The van der Waals surface area contributed by atoms with Crippen molar-refractivity contribution in [2.24, 2.45) is 0 Å². The topological polar surface area (TPSA) is 67.7 Å². The van der Waals surface area contributed by atoms with E-state index in [1.54, 1.807) is 19.5 Å². The summed E-state index contributed by atoms with van der Waals surface area (Å²) < 4.78 is 10.7. The average Bonchev–Trinajstić information content (AvgIpc) is 2.95. The number of nitrogens with zero attached hydrogens (tertiary/aromatic N) is 3. The van der Waals surface area contributed by atoms with E-state index in [1.807, 2.05) is 31.2 Å². The van der Waals surface area contributed by atoms with Crippen molar-refractivity contribution in [2.75, 3.05) is 26.8 Å². The van der Waals surface area contributed by atoms with Gasteiger partial charge >= 0.3 is 6.01 Å². The molecule has 0 unspecified atom stereocenters. The van der Waals surface area contributed by atoms with Crippen LogP contribution in [0.4, 0.5) is 0 Å². The molecule has 2 heterocycles. The summed E-state index contributed by atoms with van der Waals surface area (Å²) in [5, 5.41) is 10.7. The van der Waals surface area contributed by atoms with Gasteiger partial charge in [0, 0.05) is 37.6 Å². The third kappa shape index (κ3) is 4.21. The summed E-state index contributed by atoms with van der Waals surface area (Å²) in [6, 6.07) is 8.24.